The number of nitrogens with one attached hydrogen (secondary N) is 2. The van der Waals surface area contributed by atoms with Gasteiger partial charge in [0.1, 0.15) is 5.75 Å². The van der Waals surface area contributed by atoms with Gasteiger partial charge in [0.15, 0.2) is 5.69 Å². The third-order valence-corrected chi connectivity index (χ3v) is 4.98. The number of ether oxygens (including phenoxy) is 1. The highest BCUT2D eigenvalue weighted by Crippen LogP contribution is 2.26. The molecular formula is C18H24N4O3. The molecule has 1 unspecified atom stereocenters. The third-order valence-electron chi connectivity index (χ3n) is 4.98. The summed E-state index contributed by atoms with van der Waals surface area (Å²) in [4.78, 5) is 12.9. The number of hydrogen-bond acceptors (Lipinski definition) is 5. The van der Waals surface area contributed by atoms with Crippen LogP contribution in [0.2, 0.25) is 0 Å². The summed E-state index contributed by atoms with van der Waals surface area (Å²) in [6.45, 7) is 5.44. The minimum atomic E-state index is -0.180. The summed E-state index contributed by atoms with van der Waals surface area (Å²) in [7, 11) is 0. The van der Waals surface area contributed by atoms with Crippen molar-refractivity contribution in [2.24, 2.45) is 0 Å². The van der Waals surface area contributed by atoms with E-state index in [1.165, 1.54) is 0 Å². The number of fused-ring (bicyclic) bond motifs is 3. The summed E-state index contributed by atoms with van der Waals surface area (Å²) >= 11 is 0. The zero-order valence-corrected chi connectivity index (χ0v) is 14.5. The fourth-order valence-electron chi connectivity index (χ4n) is 3.90. The summed E-state index contributed by atoms with van der Waals surface area (Å²) in [6.07, 6.45) is 1.71. The van der Waals surface area contributed by atoms with E-state index in [0.29, 0.717) is 36.4 Å². The van der Waals surface area contributed by atoms with E-state index in [2.05, 4.69) is 15.7 Å². The van der Waals surface area contributed by atoms with Gasteiger partial charge in [-0.05, 0) is 44.9 Å². The van der Waals surface area contributed by atoms with Crippen molar-refractivity contribution in [1.29, 1.82) is 0 Å². The zero-order chi connectivity index (χ0) is 17.6. The highest BCUT2D eigenvalue weighted by atomic mass is 16.5. The van der Waals surface area contributed by atoms with Gasteiger partial charge in [-0.25, -0.2) is 0 Å². The van der Waals surface area contributed by atoms with Crippen molar-refractivity contribution >= 4 is 16.8 Å². The molecule has 134 valence electrons. The van der Waals surface area contributed by atoms with E-state index >= 15 is 0 Å². The van der Waals surface area contributed by atoms with Crippen LogP contribution in [0, 0.1) is 0 Å². The Hall–Kier alpha value is -2.12. The monoisotopic (exact) mass is 344 g/mol. The molecule has 25 heavy (non-hydrogen) atoms. The van der Waals surface area contributed by atoms with Gasteiger partial charge in [-0.15, -0.1) is 0 Å². The summed E-state index contributed by atoms with van der Waals surface area (Å²) in [6, 6.07) is 5.88. The first-order valence-electron chi connectivity index (χ1n) is 8.87. The number of hydrogen-bond donors (Lipinski definition) is 3. The van der Waals surface area contributed by atoms with Crippen molar-refractivity contribution < 1.29 is 14.6 Å². The molecule has 0 spiro atoms. The summed E-state index contributed by atoms with van der Waals surface area (Å²) < 4.78 is 7.38. The normalized spacial score (nSPS) is 26.1. The maximum atomic E-state index is 12.9. The lowest BCUT2D eigenvalue weighted by Gasteiger charge is -2.40. The topological polar surface area (TPSA) is 88.4 Å². The Morgan fingerprint density at radius 3 is 2.76 bits per heavy atom. The number of amides is 1. The van der Waals surface area contributed by atoms with Crippen molar-refractivity contribution in [3.63, 3.8) is 0 Å². The van der Waals surface area contributed by atoms with Crippen LogP contribution in [0.25, 0.3) is 10.9 Å². The molecule has 3 N–H and O–H groups in total. The van der Waals surface area contributed by atoms with E-state index < -0.39 is 0 Å². The van der Waals surface area contributed by atoms with E-state index in [9.17, 15) is 9.90 Å². The van der Waals surface area contributed by atoms with Crippen LogP contribution in [-0.4, -0.2) is 52.1 Å². The minimum absolute atomic E-state index is 0.115. The van der Waals surface area contributed by atoms with Crippen molar-refractivity contribution in [3.8, 4) is 5.75 Å². The smallest absolute Gasteiger partial charge is 0.272 e. The van der Waals surface area contributed by atoms with Crippen LogP contribution in [0.4, 0.5) is 0 Å². The predicted octanol–water partition coefficient (Wildman–Crippen LogP) is 1.57. The molecule has 2 saturated heterocycles. The molecule has 2 aromatic rings. The van der Waals surface area contributed by atoms with Gasteiger partial charge in [-0.3, -0.25) is 9.48 Å². The molecule has 0 radical (unpaired) electrons. The minimum Gasteiger partial charge on any atom is -0.508 e. The molecule has 1 aromatic heterocycles. The van der Waals surface area contributed by atoms with E-state index in [1.54, 1.807) is 18.2 Å². The van der Waals surface area contributed by atoms with Gasteiger partial charge in [0, 0.05) is 29.6 Å². The number of aromatic hydroxyl groups is 1. The molecule has 1 aromatic carbocycles. The third kappa shape index (κ3) is 3.09. The Morgan fingerprint density at radius 1 is 1.36 bits per heavy atom. The number of phenolic OH excluding ortho intramolecular Hbond substituents is 1. The molecule has 1 amide bonds. The Bertz CT molecular complexity index is 789. The van der Waals surface area contributed by atoms with Gasteiger partial charge in [0.2, 0.25) is 0 Å². The molecule has 2 fully saturated rings. The van der Waals surface area contributed by atoms with Crippen molar-refractivity contribution in [2.45, 2.75) is 50.9 Å². The highest BCUT2D eigenvalue weighted by molar-refractivity contribution is 6.05. The first kappa shape index (κ1) is 16.4. The largest absolute Gasteiger partial charge is 0.508 e. The van der Waals surface area contributed by atoms with Gasteiger partial charge in [-0.2, -0.15) is 5.10 Å². The Labute approximate surface area is 146 Å². The second-order valence-electron chi connectivity index (χ2n) is 7.33. The number of carbonyl (C=O) groups is 1. The van der Waals surface area contributed by atoms with Gasteiger partial charge in [0.05, 0.1) is 18.7 Å². The van der Waals surface area contributed by atoms with Gasteiger partial charge >= 0.3 is 0 Å². The molecule has 2 aliphatic rings. The first-order chi connectivity index (χ1) is 12.0. The van der Waals surface area contributed by atoms with Gasteiger partial charge in [0.25, 0.3) is 5.91 Å². The fourth-order valence-corrected chi connectivity index (χ4v) is 3.90. The Balaban J connectivity index is 1.60. The number of nitrogens with zero attached hydrogens (tertiary/aromatic N) is 2. The fraction of sp³-hybridized carbons (Fsp3) is 0.556. The standard InChI is InChI=1S/C18H24N4O3/c1-10(2)22-16-4-3-14(23)7-15(16)17(21-22)18(24)20-11-5-12-8-25-9-13(6-11)19-12/h3-4,7,10-13,19,23H,5-6,8-9H2,1-2H3,(H,20,24)/t11?,12-,13+. The van der Waals surface area contributed by atoms with E-state index in [-0.39, 0.29) is 23.7 Å². The van der Waals surface area contributed by atoms with Gasteiger partial charge < -0.3 is 20.5 Å². The van der Waals surface area contributed by atoms with Crippen LogP contribution in [0.5, 0.6) is 5.75 Å². The molecule has 3 atom stereocenters. The molecular weight excluding hydrogens is 320 g/mol. The van der Waals surface area contributed by atoms with Gasteiger partial charge in [-0.1, -0.05) is 0 Å². The lowest BCUT2D eigenvalue weighted by molar-refractivity contribution is 0.0148. The average Bonchev–Trinajstić information content (AvgIpc) is 2.93. The Morgan fingerprint density at radius 2 is 2.08 bits per heavy atom. The molecule has 2 aliphatic heterocycles. The van der Waals surface area contributed by atoms with Crippen LogP contribution < -0.4 is 10.6 Å². The molecule has 0 aliphatic carbocycles. The summed E-state index contributed by atoms with van der Waals surface area (Å²) in [5.41, 5.74) is 1.23. The number of aromatic nitrogens is 2. The predicted molar refractivity (Wildman–Crippen MR) is 93.8 cm³/mol. The van der Waals surface area contributed by atoms with Crippen LogP contribution in [-0.2, 0) is 4.74 Å². The second kappa shape index (κ2) is 6.31. The van der Waals surface area contributed by atoms with Crippen molar-refractivity contribution in [3.05, 3.63) is 23.9 Å². The quantitative estimate of drug-likeness (QED) is 0.787. The van der Waals surface area contributed by atoms with E-state index in [4.69, 9.17) is 4.74 Å². The van der Waals surface area contributed by atoms with E-state index in [0.717, 1.165) is 18.4 Å². The molecule has 3 heterocycles. The van der Waals surface area contributed by atoms with Crippen LogP contribution in [0.1, 0.15) is 43.2 Å². The number of carbonyl (C=O) groups excluding carboxylic acids is 1. The highest BCUT2D eigenvalue weighted by Gasteiger charge is 2.33. The molecule has 7 nitrogen and oxygen atoms in total. The van der Waals surface area contributed by atoms with Crippen LogP contribution in [0.15, 0.2) is 18.2 Å². The number of phenols is 1. The first-order valence-corrected chi connectivity index (χ1v) is 8.87. The number of morpholine rings is 1. The molecule has 2 bridgehead atoms. The molecule has 7 heteroatoms. The molecule has 4 rings (SSSR count). The second-order valence-corrected chi connectivity index (χ2v) is 7.33. The zero-order valence-electron chi connectivity index (χ0n) is 14.5. The lowest BCUT2D eigenvalue weighted by Crippen LogP contribution is -2.58. The van der Waals surface area contributed by atoms with Crippen molar-refractivity contribution in [1.82, 2.24) is 20.4 Å². The summed E-state index contributed by atoms with van der Waals surface area (Å²) in [5, 5.41) is 21.7. The van der Waals surface area contributed by atoms with Crippen molar-refractivity contribution in [2.75, 3.05) is 13.2 Å². The molecule has 0 saturated carbocycles. The maximum absolute atomic E-state index is 12.9. The number of benzene rings is 1. The van der Waals surface area contributed by atoms with Crippen LogP contribution in [0.3, 0.4) is 0 Å². The average molecular weight is 344 g/mol. The number of rotatable bonds is 3. The number of piperidine rings is 1. The summed E-state index contributed by atoms with van der Waals surface area (Å²) in [5.74, 6) is -0.0423. The van der Waals surface area contributed by atoms with E-state index in [1.807, 2.05) is 18.5 Å². The van der Waals surface area contributed by atoms with Crippen LogP contribution >= 0.6 is 0 Å². The Kier molecular flexibility index (Phi) is 4.13. The lowest BCUT2D eigenvalue weighted by atomic mass is 9.92. The SMILES string of the molecule is CC(C)n1nc(C(=O)NC2C[C@H]3COC[C@@H](C2)N3)c2cc(O)ccc21. The maximum Gasteiger partial charge on any atom is 0.272 e.